The van der Waals surface area contributed by atoms with E-state index in [1.165, 1.54) is 32.4 Å². The summed E-state index contributed by atoms with van der Waals surface area (Å²) in [5, 5.41) is 0. The Bertz CT molecular complexity index is 1300. The van der Waals surface area contributed by atoms with E-state index in [1.807, 2.05) is 18.2 Å². The molecule has 1 heterocycles. The molecule has 0 saturated heterocycles. The van der Waals surface area contributed by atoms with Crippen LogP contribution in [0.15, 0.2) is 60.8 Å². The first kappa shape index (κ1) is 28.7. The lowest BCUT2D eigenvalue weighted by Gasteiger charge is -2.28. The smallest absolute Gasteiger partial charge is 0.309 e. The molecule has 0 saturated carbocycles. The minimum atomic E-state index is -0.713. The first-order chi connectivity index (χ1) is 18.1. The number of carbonyl (C=O) groups is 2. The first-order valence-corrected chi connectivity index (χ1v) is 12.4. The number of aryl methyl sites for hydroxylation is 1. The number of ether oxygens (including phenoxy) is 4. The van der Waals surface area contributed by atoms with Crippen molar-refractivity contribution in [1.82, 2.24) is 4.98 Å². The number of pyridine rings is 1. The summed E-state index contributed by atoms with van der Waals surface area (Å²) in [5.74, 6) is -1.08. The Balaban J connectivity index is 1.77. The number of esters is 2. The summed E-state index contributed by atoms with van der Waals surface area (Å²) in [7, 11) is 1.44. The van der Waals surface area contributed by atoms with Gasteiger partial charge in [-0.15, -0.1) is 0 Å². The van der Waals surface area contributed by atoms with Gasteiger partial charge in [-0.1, -0.05) is 43.4 Å². The predicted molar refractivity (Wildman–Crippen MR) is 144 cm³/mol. The SMILES string of the molecule is COc1ccnc(C(=S)C[C@@H](C)C(=O)O[C@@H](C)[C@H](Oc2ccccc2)c2ccc(F)cc2C)c1OC(C)=O. The standard InChI is InChI=1S/C29H30FNO6S/c1-17-15-21(30)11-12-23(17)27(37-22-9-7-6-8-10-22)19(3)35-29(33)18(2)16-25(38)26-28(36-20(4)32)24(34-5)13-14-31-26/h6-15,18-19,27H,16H2,1-5H3/t18-,19+,27+/m1/s1. The van der Waals surface area contributed by atoms with Crippen molar-refractivity contribution >= 4 is 29.0 Å². The van der Waals surface area contributed by atoms with Gasteiger partial charge in [0.15, 0.2) is 17.6 Å². The van der Waals surface area contributed by atoms with Gasteiger partial charge in [0.2, 0.25) is 0 Å². The van der Waals surface area contributed by atoms with Crippen LogP contribution in [0.4, 0.5) is 4.39 Å². The number of methoxy groups -OCH3 is 1. The Labute approximate surface area is 226 Å². The van der Waals surface area contributed by atoms with Gasteiger partial charge < -0.3 is 18.9 Å². The van der Waals surface area contributed by atoms with Crippen molar-refractivity contribution in [2.75, 3.05) is 7.11 Å². The number of hydrogen-bond acceptors (Lipinski definition) is 8. The molecule has 0 aliphatic heterocycles. The topological polar surface area (TPSA) is 84.0 Å². The van der Waals surface area contributed by atoms with E-state index in [-0.39, 0.29) is 23.7 Å². The van der Waals surface area contributed by atoms with E-state index in [2.05, 4.69) is 4.98 Å². The minimum Gasteiger partial charge on any atom is -0.493 e. The van der Waals surface area contributed by atoms with E-state index >= 15 is 0 Å². The van der Waals surface area contributed by atoms with Crippen LogP contribution in [0.3, 0.4) is 0 Å². The lowest BCUT2D eigenvalue weighted by atomic mass is 9.99. The lowest BCUT2D eigenvalue weighted by molar-refractivity contribution is -0.157. The van der Waals surface area contributed by atoms with Crippen LogP contribution in [0, 0.1) is 18.7 Å². The molecule has 2 aromatic carbocycles. The maximum Gasteiger partial charge on any atom is 0.309 e. The highest BCUT2D eigenvalue weighted by Crippen LogP contribution is 2.33. The fraction of sp³-hybridized carbons (Fsp3) is 0.310. The molecule has 3 rings (SSSR count). The van der Waals surface area contributed by atoms with E-state index < -0.39 is 30.1 Å². The highest BCUT2D eigenvalue weighted by molar-refractivity contribution is 7.80. The summed E-state index contributed by atoms with van der Waals surface area (Å²) in [4.78, 5) is 29.3. The van der Waals surface area contributed by atoms with E-state index in [0.717, 1.165) is 0 Å². The molecule has 0 spiro atoms. The number of thiocarbonyl (C=S) groups is 1. The summed E-state index contributed by atoms with van der Waals surface area (Å²) >= 11 is 5.54. The highest BCUT2D eigenvalue weighted by atomic mass is 32.1. The van der Waals surface area contributed by atoms with Gasteiger partial charge in [0.1, 0.15) is 23.4 Å². The zero-order valence-corrected chi connectivity index (χ0v) is 22.7. The molecule has 0 bridgehead atoms. The third-order valence-corrected chi connectivity index (χ3v) is 6.13. The lowest BCUT2D eigenvalue weighted by Crippen LogP contribution is -2.30. The number of nitrogens with zero attached hydrogens (tertiary/aromatic N) is 1. The molecule has 1 aromatic heterocycles. The van der Waals surface area contributed by atoms with Crippen LogP contribution in [0.2, 0.25) is 0 Å². The van der Waals surface area contributed by atoms with Gasteiger partial charge in [0.05, 0.1) is 13.0 Å². The normalized spacial score (nSPS) is 13.1. The van der Waals surface area contributed by atoms with Crippen molar-refractivity contribution in [2.24, 2.45) is 5.92 Å². The zero-order chi connectivity index (χ0) is 27.8. The molecule has 0 unspecified atom stereocenters. The quantitative estimate of drug-likeness (QED) is 0.168. The van der Waals surface area contributed by atoms with Gasteiger partial charge in [-0.25, -0.2) is 4.39 Å². The molecular formula is C29H30FNO6S. The molecule has 38 heavy (non-hydrogen) atoms. The predicted octanol–water partition coefficient (Wildman–Crippen LogP) is 5.96. The number of benzene rings is 2. The molecule has 0 fully saturated rings. The van der Waals surface area contributed by atoms with Crippen LogP contribution < -0.4 is 14.2 Å². The van der Waals surface area contributed by atoms with Gasteiger partial charge in [-0.2, -0.15) is 0 Å². The van der Waals surface area contributed by atoms with Crippen LogP contribution in [-0.4, -0.2) is 35.0 Å². The van der Waals surface area contributed by atoms with Crippen LogP contribution in [0.5, 0.6) is 17.2 Å². The summed E-state index contributed by atoms with van der Waals surface area (Å²) in [5.41, 5.74) is 1.62. The highest BCUT2D eigenvalue weighted by Gasteiger charge is 2.29. The average Bonchev–Trinajstić information content (AvgIpc) is 2.87. The molecule has 0 N–H and O–H groups in total. The molecule has 0 aliphatic rings. The van der Waals surface area contributed by atoms with Gasteiger partial charge >= 0.3 is 11.9 Å². The molecular weight excluding hydrogens is 509 g/mol. The van der Waals surface area contributed by atoms with Crippen molar-refractivity contribution < 1.29 is 32.9 Å². The van der Waals surface area contributed by atoms with Crippen LogP contribution in [0.25, 0.3) is 0 Å². The number of aromatic nitrogens is 1. The van der Waals surface area contributed by atoms with Crippen molar-refractivity contribution in [3.63, 3.8) is 0 Å². The molecule has 0 aliphatic carbocycles. The van der Waals surface area contributed by atoms with Crippen molar-refractivity contribution in [2.45, 2.75) is 46.3 Å². The Morgan fingerprint density at radius 2 is 1.79 bits per heavy atom. The summed E-state index contributed by atoms with van der Waals surface area (Å²) < 4.78 is 36.3. The molecule has 3 atom stereocenters. The van der Waals surface area contributed by atoms with Crippen molar-refractivity contribution in [3.8, 4) is 17.2 Å². The fourth-order valence-electron chi connectivity index (χ4n) is 3.87. The number of rotatable bonds is 11. The first-order valence-electron chi connectivity index (χ1n) is 12.0. The molecule has 0 radical (unpaired) electrons. The molecule has 9 heteroatoms. The largest absolute Gasteiger partial charge is 0.493 e. The van der Waals surface area contributed by atoms with Crippen LogP contribution >= 0.6 is 12.2 Å². The minimum absolute atomic E-state index is 0.101. The van der Waals surface area contributed by atoms with Crippen LogP contribution in [0.1, 0.15) is 50.1 Å². The van der Waals surface area contributed by atoms with Gasteiger partial charge in [-0.05, 0) is 55.7 Å². The van der Waals surface area contributed by atoms with Crippen molar-refractivity contribution in [3.05, 3.63) is 83.4 Å². The molecule has 3 aromatic rings. The molecule has 200 valence electrons. The van der Waals surface area contributed by atoms with E-state index in [1.54, 1.807) is 45.0 Å². The second-order valence-corrected chi connectivity index (χ2v) is 9.30. The number of halogens is 1. The fourth-order valence-corrected chi connectivity index (χ4v) is 4.26. The number of para-hydroxylation sites is 1. The van der Waals surface area contributed by atoms with Gasteiger partial charge in [-0.3, -0.25) is 14.6 Å². The van der Waals surface area contributed by atoms with Gasteiger partial charge in [0.25, 0.3) is 0 Å². The Hall–Kier alpha value is -3.85. The van der Waals surface area contributed by atoms with E-state index in [4.69, 9.17) is 31.2 Å². The monoisotopic (exact) mass is 539 g/mol. The molecule has 0 amide bonds. The Morgan fingerprint density at radius 1 is 1.08 bits per heavy atom. The third-order valence-electron chi connectivity index (χ3n) is 5.77. The summed E-state index contributed by atoms with van der Waals surface area (Å²) in [6.45, 7) is 6.44. The zero-order valence-electron chi connectivity index (χ0n) is 21.9. The Morgan fingerprint density at radius 3 is 2.42 bits per heavy atom. The number of hydrogen-bond donors (Lipinski definition) is 0. The van der Waals surface area contributed by atoms with Gasteiger partial charge in [0, 0.05) is 24.1 Å². The second kappa shape index (κ2) is 13.1. The number of carbonyl (C=O) groups excluding carboxylic acids is 2. The van der Waals surface area contributed by atoms with Crippen LogP contribution in [-0.2, 0) is 14.3 Å². The van der Waals surface area contributed by atoms with E-state index in [0.29, 0.717) is 27.5 Å². The molecule has 7 nitrogen and oxygen atoms in total. The maximum absolute atomic E-state index is 13.8. The summed E-state index contributed by atoms with van der Waals surface area (Å²) in [6, 6.07) is 15.1. The van der Waals surface area contributed by atoms with Crippen molar-refractivity contribution in [1.29, 1.82) is 0 Å². The third kappa shape index (κ3) is 7.35. The maximum atomic E-state index is 13.8. The average molecular weight is 540 g/mol. The van der Waals surface area contributed by atoms with E-state index in [9.17, 15) is 14.0 Å². The second-order valence-electron chi connectivity index (χ2n) is 8.81. The summed E-state index contributed by atoms with van der Waals surface area (Å²) in [6.07, 6.45) is 0.204. The Kier molecular flexibility index (Phi) is 9.90.